The van der Waals surface area contributed by atoms with Crippen LogP contribution in [0.5, 0.6) is 0 Å². The molecule has 1 amide bonds. The predicted octanol–water partition coefficient (Wildman–Crippen LogP) is 4.03. The maximum absolute atomic E-state index is 12.5. The van der Waals surface area contributed by atoms with Gasteiger partial charge in [-0.2, -0.15) is 0 Å². The van der Waals surface area contributed by atoms with Crippen LogP contribution < -0.4 is 5.73 Å². The first-order valence-electron chi connectivity index (χ1n) is 9.45. The molecule has 0 aliphatic carbocycles. The largest absolute Gasteiger partial charge is 0.399 e. The van der Waals surface area contributed by atoms with Crippen LogP contribution in [0, 0.1) is 5.92 Å². The van der Waals surface area contributed by atoms with Gasteiger partial charge in [0.05, 0.1) is 0 Å². The summed E-state index contributed by atoms with van der Waals surface area (Å²) in [7, 11) is 1.93. The molecule has 0 saturated carbocycles. The molecule has 1 aliphatic heterocycles. The molecule has 2 aromatic carbocycles. The minimum Gasteiger partial charge on any atom is -0.399 e. The highest BCUT2D eigenvalue weighted by atomic mass is 35.5. The van der Waals surface area contributed by atoms with Crippen molar-refractivity contribution in [1.82, 2.24) is 9.80 Å². The standard InChI is InChI=1S/C22H29N3O.2ClH/c1-24(22(26)12-11-20-9-5-6-10-21(20)23)15-19-13-14-25(17-19)16-18-7-3-2-4-8-18;;/h2-10,19H,11-17,23H2,1H3;2*1H. The molecular weight excluding hydrogens is 393 g/mol. The molecule has 28 heavy (non-hydrogen) atoms. The van der Waals surface area contributed by atoms with Crippen LogP contribution in [0.4, 0.5) is 5.69 Å². The molecule has 2 N–H and O–H groups in total. The molecule has 1 fully saturated rings. The lowest BCUT2D eigenvalue weighted by Crippen LogP contribution is -2.33. The Labute approximate surface area is 180 Å². The molecule has 1 saturated heterocycles. The van der Waals surface area contributed by atoms with Gasteiger partial charge in [0.25, 0.3) is 0 Å². The third-order valence-corrected chi connectivity index (χ3v) is 5.24. The number of nitrogens with zero attached hydrogens (tertiary/aromatic N) is 2. The Bertz CT molecular complexity index is 727. The Kier molecular flexibility index (Phi) is 10.4. The average molecular weight is 424 g/mol. The average Bonchev–Trinajstić information content (AvgIpc) is 3.08. The third kappa shape index (κ3) is 7.01. The van der Waals surface area contributed by atoms with Crippen LogP contribution >= 0.6 is 24.8 Å². The Morgan fingerprint density at radius 3 is 2.50 bits per heavy atom. The molecule has 0 radical (unpaired) electrons. The van der Waals surface area contributed by atoms with Gasteiger partial charge in [-0.3, -0.25) is 9.69 Å². The predicted molar refractivity (Wildman–Crippen MR) is 121 cm³/mol. The summed E-state index contributed by atoms with van der Waals surface area (Å²) in [5.74, 6) is 0.768. The maximum atomic E-state index is 12.5. The Hall–Kier alpha value is -1.75. The fraction of sp³-hybridized carbons (Fsp3) is 0.409. The normalized spacial score (nSPS) is 16.1. The highest BCUT2D eigenvalue weighted by Crippen LogP contribution is 2.20. The second-order valence-corrected chi connectivity index (χ2v) is 7.35. The van der Waals surface area contributed by atoms with Crippen LogP contribution in [0.2, 0.25) is 0 Å². The molecule has 1 atom stereocenters. The van der Waals surface area contributed by atoms with E-state index in [1.54, 1.807) is 0 Å². The van der Waals surface area contributed by atoms with Gasteiger partial charge >= 0.3 is 0 Å². The summed E-state index contributed by atoms with van der Waals surface area (Å²) in [6, 6.07) is 18.4. The topological polar surface area (TPSA) is 49.6 Å². The number of carbonyl (C=O) groups excluding carboxylic acids is 1. The van der Waals surface area contributed by atoms with Crippen LogP contribution in [-0.4, -0.2) is 42.4 Å². The quantitative estimate of drug-likeness (QED) is 0.683. The number of carbonyl (C=O) groups is 1. The first-order chi connectivity index (χ1) is 12.6. The van der Waals surface area contributed by atoms with Crippen molar-refractivity contribution in [2.24, 2.45) is 5.92 Å². The zero-order chi connectivity index (χ0) is 18.4. The van der Waals surface area contributed by atoms with E-state index in [4.69, 9.17) is 5.73 Å². The number of para-hydroxylation sites is 1. The number of halogens is 2. The molecule has 4 nitrogen and oxygen atoms in total. The van der Waals surface area contributed by atoms with Gasteiger partial charge in [0, 0.05) is 38.8 Å². The smallest absolute Gasteiger partial charge is 0.222 e. The maximum Gasteiger partial charge on any atom is 0.222 e. The highest BCUT2D eigenvalue weighted by molar-refractivity contribution is 5.85. The van der Waals surface area contributed by atoms with Crippen molar-refractivity contribution < 1.29 is 4.79 Å². The van der Waals surface area contributed by atoms with Crippen LogP contribution in [0.3, 0.4) is 0 Å². The van der Waals surface area contributed by atoms with Gasteiger partial charge < -0.3 is 10.6 Å². The van der Waals surface area contributed by atoms with E-state index in [-0.39, 0.29) is 30.7 Å². The molecule has 3 rings (SSSR count). The SMILES string of the molecule is CN(CC1CCN(Cc2ccccc2)C1)C(=O)CCc1ccccc1N.Cl.Cl. The van der Waals surface area contributed by atoms with E-state index in [0.29, 0.717) is 18.8 Å². The van der Waals surface area contributed by atoms with Crippen molar-refractivity contribution in [3.63, 3.8) is 0 Å². The molecule has 0 aromatic heterocycles. The summed E-state index contributed by atoms with van der Waals surface area (Å²) >= 11 is 0. The van der Waals surface area contributed by atoms with Crippen LogP contribution in [0.25, 0.3) is 0 Å². The summed E-state index contributed by atoms with van der Waals surface area (Å²) in [5, 5.41) is 0. The minimum atomic E-state index is 0. The van der Waals surface area contributed by atoms with Gasteiger partial charge in [0.1, 0.15) is 0 Å². The Morgan fingerprint density at radius 2 is 1.79 bits per heavy atom. The number of hydrogen-bond donors (Lipinski definition) is 1. The molecule has 6 heteroatoms. The number of rotatable bonds is 7. The second kappa shape index (κ2) is 11.9. The summed E-state index contributed by atoms with van der Waals surface area (Å²) in [6.45, 7) is 4.02. The molecule has 1 unspecified atom stereocenters. The number of amides is 1. The molecular formula is C22H31Cl2N3O. The van der Waals surface area contributed by atoms with E-state index in [2.05, 4.69) is 35.2 Å². The van der Waals surface area contributed by atoms with Gasteiger partial charge in [0.15, 0.2) is 0 Å². The van der Waals surface area contributed by atoms with Crippen molar-refractivity contribution in [2.75, 3.05) is 32.4 Å². The lowest BCUT2D eigenvalue weighted by molar-refractivity contribution is -0.130. The molecule has 0 bridgehead atoms. The summed E-state index contributed by atoms with van der Waals surface area (Å²) in [5.41, 5.74) is 9.16. The van der Waals surface area contributed by atoms with E-state index in [1.807, 2.05) is 36.2 Å². The molecule has 154 valence electrons. The number of anilines is 1. The molecule has 1 aliphatic rings. The van der Waals surface area contributed by atoms with E-state index in [0.717, 1.165) is 43.9 Å². The Morgan fingerprint density at radius 1 is 1.11 bits per heavy atom. The Balaban J connectivity index is 0.00000196. The highest BCUT2D eigenvalue weighted by Gasteiger charge is 2.24. The summed E-state index contributed by atoms with van der Waals surface area (Å²) in [6.07, 6.45) is 2.39. The monoisotopic (exact) mass is 423 g/mol. The number of aryl methyl sites for hydroxylation is 1. The summed E-state index contributed by atoms with van der Waals surface area (Å²) in [4.78, 5) is 16.8. The van der Waals surface area contributed by atoms with Crippen molar-refractivity contribution in [3.05, 3.63) is 65.7 Å². The van der Waals surface area contributed by atoms with E-state index in [9.17, 15) is 4.79 Å². The minimum absolute atomic E-state index is 0. The van der Waals surface area contributed by atoms with E-state index >= 15 is 0 Å². The van der Waals surface area contributed by atoms with Crippen molar-refractivity contribution in [2.45, 2.75) is 25.8 Å². The van der Waals surface area contributed by atoms with Gasteiger partial charge in [-0.05, 0) is 42.5 Å². The molecule has 1 heterocycles. The fourth-order valence-electron chi connectivity index (χ4n) is 3.73. The van der Waals surface area contributed by atoms with Gasteiger partial charge in [-0.25, -0.2) is 0 Å². The van der Waals surface area contributed by atoms with Gasteiger partial charge in [-0.15, -0.1) is 24.8 Å². The first-order valence-corrected chi connectivity index (χ1v) is 9.45. The zero-order valence-electron chi connectivity index (χ0n) is 16.4. The van der Waals surface area contributed by atoms with Crippen LogP contribution in [0.15, 0.2) is 54.6 Å². The van der Waals surface area contributed by atoms with Crippen LogP contribution in [0.1, 0.15) is 24.0 Å². The van der Waals surface area contributed by atoms with E-state index in [1.165, 1.54) is 5.56 Å². The lowest BCUT2D eigenvalue weighted by atomic mass is 10.1. The van der Waals surface area contributed by atoms with Crippen molar-refractivity contribution in [3.8, 4) is 0 Å². The molecule has 2 aromatic rings. The molecule has 0 spiro atoms. The first kappa shape index (κ1) is 24.3. The van der Waals surface area contributed by atoms with Crippen LogP contribution in [-0.2, 0) is 17.8 Å². The number of benzene rings is 2. The zero-order valence-corrected chi connectivity index (χ0v) is 18.1. The second-order valence-electron chi connectivity index (χ2n) is 7.35. The van der Waals surface area contributed by atoms with Crippen molar-refractivity contribution in [1.29, 1.82) is 0 Å². The van der Waals surface area contributed by atoms with Gasteiger partial charge in [-0.1, -0.05) is 48.5 Å². The lowest BCUT2D eigenvalue weighted by Gasteiger charge is -2.22. The fourth-order valence-corrected chi connectivity index (χ4v) is 3.73. The van der Waals surface area contributed by atoms with E-state index < -0.39 is 0 Å². The summed E-state index contributed by atoms with van der Waals surface area (Å²) < 4.78 is 0. The van der Waals surface area contributed by atoms with Gasteiger partial charge in [0.2, 0.25) is 5.91 Å². The number of nitrogens with two attached hydrogens (primary N) is 1. The number of likely N-dealkylation sites (tertiary alicyclic amines) is 1. The van der Waals surface area contributed by atoms with Crippen molar-refractivity contribution >= 4 is 36.4 Å². The number of nitrogen functional groups attached to an aromatic ring is 1. The number of hydrogen-bond acceptors (Lipinski definition) is 3. The third-order valence-electron chi connectivity index (χ3n) is 5.24.